The summed E-state index contributed by atoms with van der Waals surface area (Å²) in [5.74, 6) is 2.06. The molecule has 0 radical (unpaired) electrons. The van der Waals surface area contributed by atoms with E-state index < -0.39 is 0 Å². The van der Waals surface area contributed by atoms with Crippen molar-refractivity contribution in [3.8, 4) is 0 Å². The van der Waals surface area contributed by atoms with Crippen LogP contribution in [0, 0.1) is 17.8 Å². The molecule has 104 valence electrons. The average molecular weight is 243 g/mol. The Kier molecular flexibility index (Phi) is 8.06. The first-order chi connectivity index (χ1) is 7.72. The van der Waals surface area contributed by atoms with Crippen LogP contribution in [0.1, 0.15) is 54.9 Å². The molecule has 2 nitrogen and oxygen atoms in total. The summed E-state index contributed by atoms with van der Waals surface area (Å²) in [4.78, 5) is 0. The molecule has 0 aromatic carbocycles. The van der Waals surface area contributed by atoms with Gasteiger partial charge in [-0.2, -0.15) is 0 Å². The Morgan fingerprint density at radius 3 is 2.06 bits per heavy atom. The van der Waals surface area contributed by atoms with E-state index in [0.29, 0.717) is 17.8 Å². The first-order valence-electron chi connectivity index (χ1n) is 7.05. The van der Waals surface area contributed by atoms with E-state index in [9.17, 15) is 0 Å². The maximum Gasteiger partial charge on any atom is 0.0488 e. The summed E-state index contributed by atoms with van der Waals surface area (Å²) in [6.45, 7) is 18.5. The molecule has 0 aliphatic rings. The lowest BCUT2D eigenvalue weighted by molar-refractivity contribution is 0.0910. The molecule has 0 aliphatic carbocycles. The molecule has 1 unspecified atom stereocenters. The normalized spacial score (nSPS) is 14.6. The van der Waals surface area contributed by atoms with Crippen molar-refractivity contribution >= 4 is 0 Å². The van der Waals surface area contributed by atoms with Crippen molar-refractivity contribution < 1.29 is 4.74 Å². The second-order valence-electron chi connectivity index (χ2n) is 6.89. The van der Waals surface area contributed by atoms with Crippen molar-refractivity contribution in [1.29, 1.82) is 0 Å². The molecule has 1 N–H and O–H groups in total. The smallest absolute Gasteiger partial charge is 0.0488 e. The Balaban J connectivity index is 3.83. The highest BCUT2D eigenvalue weighted by Gasteiger charge is 2.17. The summed E-state index contributed by atoms with van der Waals surface area (Å²) in [6, 6.07) is 0. The van der Waals surface area contributed by atoms with Gasteiger partial charge in [0.25, 0.3) is 0 Å². The molecule has 0 spiro atoms. The van der Waals surface area contributed by atoms with E-state index in [4.69, 9.17) is 4.74 Å². The largest absolute Gasteiger partial charge is 0.381 e. The van der Waals surface area contributed by atoms with Crippen molar-refractivity contribution in [2.24, 2.45) is 17.8 Å². The molecule has 17 heavy (non-hydrogen) atoms. The summed E-state index contributed by atoms with van der Waals surface area (Å²) in [7, 11) is 0. The topological polar surface area (TPSA) is 21.3 Å². The van der Waals surface area contributed by atoms with Crippen LogP contribution in [0.2, 0.25) is 0 Å². The number of ether oxygens (including phenoxy) is 1. The van der Waals surface area contributed by atoms with Crippen molar-refractivity contribution in [3.63, 3.8) is 0 Å². The predicted molar refractivity (Wildman–Crippen MR) is 76.4 cm³/mol. The summed E-state index contributed by atoms with van der Waals surface area (Å²) in [5, 5.41) is 3.60. The van der Waals surface area contributed by atoms with Gasteiger partial charge >= 0.3 is 0 Å². The van der Waals surface area contributed by atoms with Crippen molar-refractivity contribution in [2.45, 2.75) is 60.4 Å². The predicted octanol–water partition coefficient (Wildman–Crippen LogP) is 3.71. The minimum Gasteiger partial charge on any atom is -0.381 e. The van der Waals surface area contributed by atoms with Crippen LogP contribution in [0.25, 0.3) is 0 Å². The molecule has 0 saturated heterocycles. The third kappa shape index (κ3) is 10.8. The fourth-order valence-corrected chi connectivity index (χ4v) is 1.66. The van der Waals surface area contributed by atoms with Gasteiger partial charge in [-0.3, -0.25) is 0 Å². The van der Waals surface area contributed by atoms with Gasteiger partial charge in [-0.15, -0.1) is 0 Å². The van der Waals surface area contributed by atoms with E-state index in [1.54, 1.807) is 0 Å². The third-order valence-electron chi connectivity index (χ3n) is 2.92. The highest BCUT2D eigenvalue weighted by atomic mass is 16.5. The minimum atomic E-state index is 0.214. The van der Waals surface area contributed by atoms with Crippen LogP contribution in [0.5, 0.6) is 0 Å². The van der Waals surface area contributed by atoms with Crippen molar-refractivity contribution in [1.82, 2.24) is 5.32 Å². The fraction of sp³-hybridized carbons (Fsp3) is 1.00. The molecular formula is C15H33NO. The van der Waals surface area contributed by atoms with Gasteiger partial charge in [-0.25, -0.2) is 0 Å². The molecule has 0 amide bonds. The van der Waals surface area contributed by atoms with Crippen LogP contribution in [0.15, 0.2) is 0 Å². The molecule has 0 saturated carbocycles. The molecule has 0 fully saturated rings. The van der Waals surface area contributed by atoms with Gasteiger partial charge in [0.2, 0.25) is 0 Å². The van der Waals surface area contributed by atoms with E-state index in [0.717, 1.165) is 26.2 Å². The zero-order valence-corrected chi connectivity index (χ0v) is 13.0. The number of hydrogen-bond donors (Lipinski definition) is 1. The quantitative estimate of drug-likeness (QED) is 0.656. The van der Waals surface area contributed by atoms with Gasteiger partial charge < -0.3 is 10.1 Å². The third-order valence-corrected chi connectivity index (χ3v) is 2.92. The monoisotopic (exact) mass is 243 g/mol. The minimum absolute atomic E-state index is 0.214. The Morgan fingerprint density at radius 2 is 1.65 bits per heavy atom. The Labute approximate surface area is 109 Å². The maximum absolute atomic E-state index is 5.68. The lowest BCUT2D eigenvalue weighted by Gasteiger charge is -2.27. The van der Waals surface area contributed by atoms with E-state index >= 15 is 0 Å². The average Bonchev–Trinajstić information content (AvgIpc) is 2.13. The lowest BCUT2D eigenvalue weighted by atomic mass is 9.92. The zero-order valence-electron chi connectivity index (χ0n) is 13.0. The van der Waals surface area contributed by atoms with Crippen molar-refractivity contribution in [3.05, 3.63) is 0 Å². The molecule has 1 atom stereocenters. The van der Waals surface area contributed by atoms with E-state index in [1.807, 2.05) is 0 Å². The Morgan fingerprint density at radius 1 is 1.06 bits per heavy atom. The maximum atomic E-state index is 5.68. The Bertz CT molecular complexity index is 182. The second-order valence-corrected chi connectivity index (χ2v) is 6.89. The first-order valence-corrected chi connectivity index (χ1v) is 7.05. The van der Waals surface area contributed by atoms with Gasteiger partial charge in [0, 0.05) is 18.8 Å². The lowest BCUT2D eigenvalue weighted by Crippen LogP contribution is -2.40. The van der Waals surface area contributed by atoms with E-state index in [1.165, 1.54) is 0 Å². The summed E-state index contributed by atoms with van der Waals surface area (Å²) in [5.41, 5.74) is 0.214. The Hall–Kier alpha value is -0.0800. The highest BCUT2D eigenvalue weighted by molar-refractivity contribution is 4.74. The van der Waals surface area contributed by atoms with Crippen LogP contribution in [-0.4, -0.2) is 25.3 Å². The van der Waals surface area contributed by atoms with E-state index in [2.05, 4.69) is 53.8 Å². The van der Waals surface area contributed by atoms with Crippen LogP contribution in [-0.2, 0) is 4.74 Å². The van der Waals surface area contributed by atoms with Crippen LogP contribution in [0.4, 0.5) is 0 Å². The molecule has 0 rings (SSSR count). The zero-order chi connectivity index (χ0) is 13.5. The van der Waals surface area contributed by atoms with E-state index in [-0.39, 0.29) is 5.54 Å². The fourth-order valence-electron chi connectivity index (χ4n) is 1.66. The molecule has 2 heteroatoms. The SMILES string of the molecule is CC(C)COCCC(CNC(C)(C)C)C(C)C. The van der Waals surface area contributed by atoms with Gasteiger partial charge in [0.05, 0.1) is 0 Å². The molecule has 0 heterocycles. The van der Waals surface area contributed by atoms with Gasteiger partial charge in [0.1, 0.15) is 0 Å². The molecule has 0 aromatic heterocycles. The molecular weight excluding hydrogens is 210 g/mol. The summed E-state index contributed by atoms with van der Waals surface area (Å²) >= 11 is 0. The van der Waals surface area contributed by atoms with Gasteiger partial charge in [0.15, 0.2) is 0 Å². The second kappa shape index (κ2) is 8.10. The number of nitrogens with one attached hydrogen (secondary N) is 1. The van der Waals surface area contributed by atoms with Crippen LogP contribution >= 0.6 is 0 Å². The summed E-state index contributed by atoms with van der Waals surface area (Å²) in [6.07, 6.45) is 1.16. The van der Waals surface area contributed by atoms with Crippen molar-refractivity contribution in [2.75, 3.05) is 19.8 Å². The first kappa shape index (κ1) is 16.9. The molecule has 0 aliphatic heterocycles. The van der Waals surface area contributed by atoms with Gasteiger partial charge in [-0.1, -0.05) is 27.7 Å². The van der Waals surface area contributed by atoms with Crippen LogP contribution in [0.3, 0.4) is 0 Å². The number of rotatable bonds is 8. The molecule has 0 aromatic rings. The standard InChI is InChI=1S/C15H33NO/c1-12(2)11-17-9-8-14(13(3)4)10-16-15(5,6)7/h12-14,16H,8-11H2,1-7H3. The van der Waals surface area contributed by atoms with Gasteiger partial charge in [-0.05, 0) is 51.5 Å². The molecule has 0 bridgehead atoms. The highest BCUT2D eigenvalue weighted by Crippen LogP contribution is 2.16. The summed E-state index contributed by atoms with van der Waals surface area (Å²) < 4.78 is 5.68. The number of hydrogen-bond acceptors (Lipinski definition) is 2. The van der Waals surface area contributed by atoms with Crippen LogP contribution < -0.4 is 5.32 Å².